The maximum Gasteiger partial charge on any atom is 0.236 e. The molecule has 3 aromatic rings. The van der Waals surface area contributed by atoms with Crippen molar-refractivity contribution in [2.75, 3.05) is 44.2 Å². The molecule has 0 radical (unpaired) electrons. The third-order valence-corrected chi connectivity index (χ3v) is 7.69. The SMILES string of the molecule is Cc1c(-c2[nH]c3ccc(N4CCN(C(=O)CNCC5CC5)CC4)nc3c2C(C)C)cnc(N=CN)c1C. The van der Waals surface area contributed by atoms with E-state index in [-0.39, 0.29) is 11.8 Å². The molecule has 9 nitrogen and oxygen atoms in total. The standard InChI is InChI=1S/C28H38N8O/c1-17(2)25-26(21-14-31-28(32-16-29)19(4)18(21)3)33-22-7-8-23(34-27(22)25)35-9-11-36(12-10-35)24(37)15-30-13-20-5-6-20/h7-8,14,16-17,20,30,33H,5-6,9-13,15H2,1-4H3,(H2,29,31,32). The van der Waals surface area contributed by atoms with E-state index in [4.69, 9.17) is 10.7 Å². The van der Waals surface area contributed by atoms with E-state index >= 15 is 0 Å². The van der Waals surface area contributed by atoms with Gasteiger partial charge in [-0.2, -0.15) is 0 Å². The Morgan fingerprint density at radius 1 is 1.22 bits per heavy atom. The highest BCUT2D eigenvalue weighted by molar-refractivity contribution is 5.90. The smallest absolute Gasteiger partial charge is 0.236 e. The monoisotopic (exact) mass is 502 g/mol. The number of aliphatic imine (C=N–C) groups is 1. The maximum absolute atomic E-state index is 12.6. The maximum atomic E-state index is 12.6. The van der Waals surface area contributed by atoms with Gasteiger partial charge in [0.2, 0.25) is 5.91 Å². The minimum absolute atomic E-state index is 0.198. The Balaban J connectivity index is 1.37. The second-order valence-corrected chi connectivity index (χ2v) is 10.6. The van der Waals surface area contributed by atoms with Gasteiger partial charge in [-0.25, -0.2) is 15.0 Å². The number of aromatic nitrogens is 3. The lowest BCUT2D eigenvalue weighted by molar-refractivity contribution is -0.130. The van der Waals surface area contributed by atoms with Crippen LogP contribution in [0.4, 0.5) is 11.6 Å². The summed E-state index contributed by atoms with van der Waals surface area (Å²) in [6.45, 7) is 12.9. The summed E-state index contributed by atoms with van der Waals surface area (Å²) in [5.41, 5.74) is 12.9. The number of hydrogen-bond acceptors (Lipinski definition) is 6. The molecule has 1 aliphatic carbocycles. The molecule has 1 aliphatic heterocycles. The molecule has 2 aliphatic rings. The Hall–Kier alpha value is -3.46. The van der Waals surface area contributed by atoms with Gasteiger partial charge in [-0.3, -0.25) is 4.79 Å². The van der Waals surface area contributed by atoms with E-state index in [1.54, 1.807) is 0 Å². The number of aromatic amines is 1. The first-order chi connectivity index (χ1) is 17.9. The highest BCUT2D eigenvalue weighted by Crippen LogP contribution is 2.38. The quantitative estimate of drug-likeness (QED) is 0.320. The van der Waals surface area contributed by atoms with Crippen LogP contribution >= 0.6 is 0 Å². The predicted octanol–water partition coefficient (Wildman–Crippen LogP) is 3.63. The van der Waals surface area contributed by atoms with Gasteiger partial charge in [-0.05, 0) is 68.3 Å². The molecule has 3 aromatic heterocycles. The van der Waals surface area contributed by atoms with Crippen LogP contribution in [0.5, 0.6) is 0 Å². The number of H-pyrrole nitrogens is 1. The van der Waals surface area contributed by atoms with Crippen molar-refractivity contribution in [3.05, 3.63) is 35.0 Å². The molecule has 4 heterocycles. The lowest BCUT2D eigenvalue weighted by Gasteiger charge is -2.35. The van der Waals surface area contributed by atoms with Crippen LogP contribution in [0.1, 0.15) is 49.3 Å². The van der Waals surface area contributed by atoms with E-state index in [0.29, 0.717) is 12.4 Å². The van der Waals surface area contributed by atoms with Crippen LogP contribution in [-0.2, 0) is 4.79 Å². The van der Waals surface area contributed by atoms with Crippen molar-refractivity contribution in [1.82, 2.24) is 25.2 Å². The zero-order valence-corrected chi connectivity index (χ0v) is 22.3. The fourth-order valence-corrected chi connectivity index (χ4v) is 5.17. The molecule has 0 atom stereocenters. The summed E-state index contributed by atoms with van der Waals surface area (Å²) in [7, 11) is 0. The first-order valence-electron chi connectivity index (χ1n) is 13.3. The molecule has 2 fully saturated rings. The number of fused-ring (bicyclic) bond motifs is 1. The highest BCUT2D eigenvalue weighted by atomic mass is 16.2. The van der Waals surface area contributed by atoms with Gasteiger partial charge < -0.3 is 25.8 Å². The van der Waals surface area contributed by atoms with E-state index in [0.717, 1.165) is 77.9 Å². The molecule has 0 unspecified atom stereocenters. The molecule has 196 valence electrons. The van der Waals surface area contributed by atoms with E-state index in [9.17, 15) is 4.79 Å². The Kier molecular flexibility index (Phi) is 7.15. The predicted molar refractivity (Wildman–Crippen MR) is 150 cm³/mol. The van der Waals surface area contributed by atoms with Gasteiger partial charge in [-0.1, -0.05) is 13.8 Å². The average Bonchev–Trinajstić information content (AvgIpc) is 3.64. The number of nitrogens with two attached hydrogens (primary N) is 1. The molecule has 0 bridgehead atoms. The van der Waals surface area contributed by atoms with Gasteiger partial charge in [-0.15, -0.1) is 0 Å². The summed E-state index contributed by atoms with van der Waals surface area (Å²) in [5.74, 6) is 2.85. The molecule has 37 heavy (non-hydrogen) atoms. The molecule has 4 N–H and O–H groups in total. The molecule has 1 amide bonds. The largest absolute Gasteiger partial charge is 0.390 e. The van der Waals surface area contributed by atoms with Crippen molar-refractivity contribution < 1.29 is 4.79 Å². The van der Waals surface area contributed by atoms with E-state index in [2.05, 4.69) is 58.1 Å². The Bertz CT molecular complexity index is 1320. The molecular weight excluding hydrogens is 464 g/mol. The molecule has 5 rings (SSSR count). The Morgan fingerprint density at radius 2 is 1.97 bits per heavy atom. The van der Waals surface area contributed by atoms with Crippen LogP contribution in [0, 0.1) is 19.8 Å². The fraction of sp³-hybridized carbons (Fsp3) is 0.500. The molecule has 1 saturated heterocycles. The average molecular weight is 503 g/mol. The van der Waals surface area contributed by atoms with Gasteiger partial charge in [0.05, 0.1) is 29.6 Å². The number of anilines is 1. The molecule has 1 saturated carbocycles. The number of pyridine rings is 2. The first kappa shape index (κ1) is 25.2. The minimum Gasteiger partial charge on any atom is -0.390 e. The zero-order valence-electron chi connectivity index (χ0n) is 22.3. The molecule has 0 spiro atoms. The van der Waals surface area contributed by atoms with Crippen molar-refractivity contribution >= 4 is 34.9 Å². The van der Waals surface area contributed by atoms with Crippen molar-refractivity contribution in [1.29, 1.82) is 0 Å². The first-order valence-corrected chi connectivity index (χ1v) is 13.3. The van der Waals surface area contributed by atoms with Crippen LogP contribution in [0.2, 0.25) is 0 Å². The zero-order chi connectivity index (χ0) is 26.1. The molecule has 0 aromatic carbocycles. The van der Waals surface area contributed by atoms with Gasteiger partial charge >= 0.3 is 0 Å². The van der Waals surface area contributed by atoms with Gasteiger partial charge in [0.15, 0.2) is 5.82 Å². The number of carbonyl (C=O) groups is 1. The lowest BCUT2D eigenvalue weighted by atomic mass is 9.95. The third-order valence-electron chi connectivity index (χ3n) is 7.69. The number of rotatable bonds is 8. The van der Waals surface area contributed by atoms with Gasteiger partial charge in [0, 0.05) is 43.5 Å². The molecule has 9 heteroatoms. The molecular formula is C28H38N8O. The number of nitrogens with one attached hydrogen (secondary N) is 2. The number of nitrogens with zero attached hydrogens (tertiary/aromatic N) is 5. The topological polar surface area (TPSA) is 116 Å². The summed E-state index contributed by atoms with van der Waals surface area (Å²) < 4.78 is 0. The van der Waals surface area contributed by atoms with Crippen LogP contribution < -0.4 is 16.0 Å². The van der Waals surface area contributed by atoms with Crippen molar-refractivity contribution in [2.45, 2.75) is 46.5 Å². The fourth-order valence-electron chi connectivity index (χ4n) is 5.17. The van der Waals surface area contributed by atoms with Gasteiger partial charge in [0.1, 0.15) is 5.82 Å². The summed E-state index contributed by atoms with van der Waals surface area (Å²) in [4.78, 5) is 34.3. The highest BCUT2D eigenvalue weighted by Gasteiger charge is 2.25. The second-order valence-electron chi connectivity index (χ2n) is 10.6. The normalized spacial score (nSPS) is 16.5. The number of amides is 1. The van der Waals surface area contributed by atoms with E-state index in [1.807, 2.05) is 18.0 Å². The van der Waals surface area contributed by atoms with Crippen LogP contribution in [0.3, 0.4) is 0 Å². The Morgan fingerprint density at radius 3 is 2.65 bits per heavy atom. The summed E-state index contributed by atoms with van der Waals surface area (Å²) >= 11 is 0. The van der Waals surface area contributed by atoms with Gasteiger partial charge in [0.25, 0.3) is 0 Å². The van der Waals surface area contributed by atoms with Crippen LogP contribution in [0.15, 0.2) is 23.3 Å². The van der Waals surface area contributed by atoms with Crippen LogP contribution in [0.25, 0.3) is 22.3 Å². The summed E-state index contributed by atoms with van der Waals surface area (Å²) in [6.07, 6.45) is 5.75. The summed E-state index contributed by atoms with van der Waals surface area (Å²) in [6, 6.07) is 4.20. The number of hydrogen-bond donors (Lipinski definition) is 3. The third kappa shape index (κ3) is 5.18. The lowest BCUT2D eigenvalue weighted by Crippen LogP contribution is -2.51. The Labute approximate surface area is 218 Å². The van der Waals surface area contributed by atoms with E-state index < -0.39 is 0 Å². The number of carbonyl (C=O) groups excluding carboxylic acids is 1. The second kappa shape index (κ2) is 10.5. The van der Waals surface area contributed by atoms with Crippen molar-refractivity contribution in [2.24, 2.45) is 16.6 Å². The number of piperazine rings is 1. The van der Waals surface area contributed by atoms with Crippen LogP contribution in [-0.4, -0.2) is 71.4 Å². The summed E-state index contributed by atoms with van der Waals surface area (Å²) in [5, 5.41) is 3.32. The minimum atomic E-state index is 0.198. The van der Waals surface area contributed by atoms with Crippen molar-refractivity contribution in [3.8, 4) is 11.3 Å². The van der Waals surface area contributed by atoms with E-state index in [1.165, 1.54) is 24.7 Å². The van der Waals surface area contributed by atoms with Crippen molar-refractivity contribution in [3.63, 3.8) is 0 Å².